The highest BCUT2D eigenvalue weighted by molar-refractivity contribution is 5.22. The van der Waals surface area contributed by atoms with Crippen molar-refractivity contribution in [2.45, 2.75) is 12.5 Å². The van der Waals surface area contributed by atoms with Gasteiger partial charge in [-0.2, -0.15) is 0 Å². The van der Waals surface area contributed by atoms with E-state index >= 15 is 0 Å². The average molecular weight is 188 g/mol. The molecule has 0 aliphatic carbocycles. The topological polar surface area (TPSA) is 12.5 Å². The molecule has 2 rings (SSSR count). The van der Waals surface area contributed by atoms with Crippen LogP contribution in [0.1, 0.15) is 5.56 Å². The van der Waals surface area contributed by atoms with Crippen molar-refractivity contribution in [1.82, 2.24) is 0 Å². The summed E-state index contributed by atoms with van der Waals surface area (Å²) >= 11 is 0. The number of hydrogen-bond donors (Lipinski definition) is 0. The first kappa shape index (κ1) is 8.56. The lowest BCUT2D eigenvalue weighted by Gasteiger charge is -2.02. The van der Waals surface area contributed by atoms with Crippen molar-refractivity contribution in [2.75, 3.05) is 6.61 Å². The maximum atomic E-state index is 13.0. The molecule has 13 heavy (non-hydrogen) atoms. The van der Waals surface area contributed by atoms with Crippen LogP contribution in [-0.2, 0) is 11.2 Å². The van der Waals surface area contributed by atoms with Crippen molar-refractivity contribution in [1.29, 1.82) is 0 Å². The molecule has 70 valence electrons. The summed E-state index contributed by atoms with van der Waals surface area (Å²) in [6, 6.07) is 1.71. The maximum absolute atomic E-state index is 13.0. The molecule has 1 aromatic rings. The van der Waals surface area contributed by atoms with Crippen LogP contribution in [0.15, 0.2) is 12.1 Å². The van der Waals surface area contributed by atoms with E-state index in [4.69, 9.17) is 4.74 Å². The van der Waals surface area contributed by atoms with Gasteiger partial charge in [-0.25, -0.2) is 13.2 Å². The summed E-state index contributed by atoms with van der Waals surface area (Å²) in [5, 5.41) is 0. The normalized spacial score (nSPS) is 20.4. The summed E-state index contributed by atoms with van der Waals surface area (Å²) in [5.41, 5.74) is -0.220. The van der Waals surface area contributed by atoms with E-state index in [1.807, 2.05) is 0 Å². The minimum atomic E-state index is -1.10. The van der Waals surface area contributed by atoms with Gasteiger partial charge in [0.2, 0.25) is 0 Å². The maximum Gasteiger partial charge on any atom is 0.165 e. The molecule has 0 radical (unpaired) electrons. The molecular formula is C9H7F3O. The first-order valence-electron chi connectivity index (χ1n) is 3.92. The van der Waals surface area contributed by atoms with E-state index in [1.165, 1.54) is 0 Å². The van der Waals surface area contributed by atoms with Gasteiger partial charge in [0.15, 0.2) is 11.6 Å². The van der Waals surface area contributed by atoms with Crippen LogP contribution in [0, 0.1) is 17.5 Å². The second-order valence-corrected chi connectivity index (χ2v) is 2.98. The Kier molecular flexibility index (Phi) is 2.00. The zero-order valence-electron chi connectivity index (χ0n) is 6.69. The first-order chi connectivity index (χ1) is 6.18. The molecule has 1 aliphatic rings. The van der Waals surface area contributed by atoms with Gasteiger partial charge in [-0.1, -0.05) is 0 Å². The highest BCUT2D eigenvalue weighted by atomic mass is 19.2. The van der Waals surface area contributed by atoms with E-state index in [-0.39, 0.29) is 18.1 Å². The fraction of sp³-hybridized carbons (Fsp3) is 0.333. The Morgan fingerprint density at radius 3 is 2.46 bits per heavy atom. The van der Waals surface area contributed by atoms with Gasteiger partial charge in [-0.15, -0.1) is 0 Å². The van der Waals surface area contributed by atoms with Gasteiger partial charge < -0.3 is 4.74 Å². The van der Waals surface area contributed by atoms with Crippen LogP contribution >= 0.6 is 0 Å². The second kappa shape index (κ2) is 3.03. The second-order valence-electron chi connectivity index (χ2n) is 2.98. The van der Waals surface area contributed by atoms with Gasteiger partial charge in [0, 0.05) is 12.0 Å². The highest BCUT2D eigenvalue weighted by Crippen LogP contribution is 2.22. The fourth-order valence-electron chi connectivity index (χ4n) is 1.17. The fourth-order valence-corrected chi connectivity index (χ4v) is 1.17. The summed E-state index contributed by atoms with van der Waals surface area (Å²) in [7, 11) is 0. The monoisotopic (exact) mass is 188 g/mol. The summed E-state index contributed by atoms with van der Waals surface area (Å²) in [4.78, 5) is 0. The highest BCUT2D eigenvalue weighted by Gasteiger charge is 2.26. The van der Waals surface area contributed by atoms with Crippen molar-refractivity contribution >= 4 is 0 Å². The van der Waals surface area contributed by atoms with Crippen molar-refractivity contribution in [3.8, 4) is 0 Å². The van der Waals surface area contributed by atoms with Gasteiger partial charge >= 0.3 is 0 Å². The molecule has 4 heteroatoms. The van der Waals surface area contributed by atoms with E-state index in [2.05, 4.69) is 0 Å². The number of hydrogen-bond acceptors (Lipinski definition) is 1. The number of benzene rings is 1. The Balaban J connectivity index is 2.34. The lowest BCUT2D eigenvalue weighted by atomic mass is 10.1. The molecule has 0 spiro atoms. The quantitative estimate of drug-likeness (QED) is 0.511. The molecule has 0 saturated carbocycles. The Morgan fingerprint density at radius 2 is 1.85 bits per heavy atom. The minimum absolute atomic E-state index is 0.107. The Bertz CT molecular complexity index is 334. The number of epoxide rings is 1. The van der Waals surface area contributed by atoms with Crippen LogP contribution in [0.2, 0.25) is 0 Å². The number of halogens is 3. The van der Waals surface area contributed by atoms with Crippen LogP contribution in [0.3, 0.4) is 0 Å². The third-order valence-corrected chi connectivity index (χ3v) is 1.97. The molecule has 1 aromatic carbocycles. The lowest BCUT2D eigenvalue weighted by molar-refractivity contribution is 0.397. The van der Waals surface area contributed by atoms with Gasteiger partial charge in [0.1, 0.15) is 5.82 Å². The van der Waals surface area contributed by atoms with Crippen LogP contribution in [0.5, 0.6) is 0 Å². The lowest BCUT2D eigenvalue weighted by Crippen LogP contribution is -2.02. The van der Waals surface area contributed by atoms with Gasteiger partial charge in [0.05, 0.1) is 12.7 Å². The molecule has 1 aliphatic heterocycles. The van der Waals surface area contributed by atoms with Gasteiger partial charge in [-0.3, -0.25) is 0 Å². The SMILES string of the molecule is Fc1ccc(F)c(CC2CO2)c1F. The van der Waals surface area contributed by atoms with E-state index in [9.17, 15) is 13.2 Å². The van der Waals surface area contributed by atoms with E-state index in [0.29, 0.717) is 6.61 Å². The summed E-state index contributed by atoms with van der Waals surface area (Å²) in [6.45, 7) is 0.495. The van der Waals surface area contributed by atoms with Crippen LogP contribution in [0.4, 0.5) is 13.2 Å². The van der Waals surface area contributed by atoms with E-state index < -0.39 is 17.5 Å². The summed E-state index contributed by atoms with van der Waals surface area (Å²) in [6.07, 6.45) is -0.0408. The minimum Gasteiger partial charge on any atom is -0.373 e. The molecule has 0 aromatic heterocycles. The van der Waals surface area contributed by atoms with Crippen LogP contribution in [-0.4, -0.2) is 12.7 Å². The molecule has 1 unspecified atom stereocenters. The van der Waals surface area contributed by atoms with Crippen LogP contribution < -0.4 is 0 Å². The van der Waals surface area contributed by atoms with E-state index in [1.54, 1.807) is 0 Å². The van der Waals surface area contributed by atoms with Crippen LogP contribution in [0.25, 0.3) is 0 Å². The number of rotatable bonds is 2. The molecule has 0 N–H and O–H groups in total. The van der Waals surface area contributed by atoms with Crippen molar-refractivity contribution < 1.29 is 17.9 Å². The van der Waals surface area contributed by atoms with Gasteiger partial charge in [0.25, 0.3) is 0 Å². The zero-order chi connectivity index (χ0) is 9.42. The summed E-state index contributed by atoms with van der Waals surface area (Å²) < 4.78 is 43.4. The van der Waals surface area contributed by atoms with E-state index in [0.717, 1.165) is 12.1 Å². The Morgan fingerprint density at radius 1 is 1.23 bits per heavy atom. The predicted molar refractivity (Wildman–Crippen MR) is 39.8 cm³/mol. The average Bonchev–Trinajstić information content (AvgIpc) is 2.89. The molecule has 1 atom stereocenters. The Labute approximate surface area is 73.1 Å². The summed E-state index contributed by atoms with van der Waals surface area (Å²) in [5.74, 6) is -2.83. The Hall–Kier alpha value is -1.03. The molecule has 1 fully saturated rings. The standard InChI is InChI=1S/C9H7F3O/c10-7-1-2-8(11)9(12)6(7)3-5-4-13-5/h1-2,5H,3-4H2. The zero-order valence-corrected chi connectivity index (χ0v) is 6.69. The first-order valence-corrected chi connectivity index (χ1v) is 3.92. The molecule has 1 saturated heterocycles. The van der Waals surface area contributed by atoms with Gasteiger partial charge in [-0.05, 0) is 12.1 Å². The largest absolute Gasteiger partial charge is 0.373 e. The van der Waals surface area contributed by atoms with Crippen molar-refractivity contribution in [3.05, 3.63) is 35.1 Å². The van der Waals surface area contributed by atoms with Crippen molar-refractivity contribution in [2.24, 2.45) is 0 Å². The molecule has 0 bridgehead atoms. The molecule has 1 nitrogen and oxygen atoms in total. The third kappa shape index (κ3) is 1.67. The molecular weight excluding hydrogens is 181 g/mol. The molecule has 1 heterocycles. The van der Waals surface area contributed by atoms with Crippen molar-refractivity contribution in [3.63, 3.8) is 0 Å². The smallest absolute Gasteiger partial charge is 0.165 e. The number of ether oxygens (including phenoxy) is 1. The predicted octanol–water partition coefficient (Wildman–Crippen LogP) is 2.05. The molecule has 0 amide bonds. The third-order valence-electron chi connectivity index (χ3n) is 1.97.